The zero-order valence-corrected chi connectivity index (χ0v) is 16.0. The first-order valence-electron chi connectivity index (χ1n) is 8.11. The van der Waals surface area contributed by atoms with E-state index in [9.17, 15) is 4.39 Å². The van der Waals surface area contributed by atoms with Crippen molar-refractivity contribution in [2.45, 2.75) is 39.5 Å². The van der Waals surface area contributed by atoms with Crippen molar-refractivity contribution in [2.24, 2.45) is 0 Å². The summed E-state index contributed by atoms with van der Waals surface area (Å²) in [6.45, 7) is 5.08. The number of rotatable bonds is 8. The lowest BCUT2D eigenvalue weighted by molar-refractivity contribution is 0.284. The van der Waals surface area contributed by atoms with E-state index in [0.717, 1.165) is 12.0 Å². The molecular formula is C19H22Cl2FNO2. The Morgan fingerprint density at radius 2 is 1.80 bits per heavy atom. The van der Waals surface area contributed by atoms with E-state index in [0.29, 0.717) is 39.7 Å². The van der Waals surface area contributed by atoms with Crippen molar-refractivity contribution >= 4 is 23.2 Å². The molecule has 0 radical (unpaired) electrons. The second-order valence-corrected chi connectivity index (χ2v) is 6.62. The van der Waals surface area contributed by atoms with Crippen LogP contribution in [0, 0.1) is 5.82 Å². The number of benzene rings is 2. The Labute approximate surface area is 158 Å². The molecular weight excluding hydrogens is 364 g/mol. The van der Waals surface area contributed by atoms with Crippen molar-refractivity contribution in [3.05, 3.63) is 57.3 Å². The summed E-state index contributed by atoms with van der Waals surface area (Å²) in [5, 5.41) is 4.31. The normalized spacial score (nSPS) is 12.1. The molecule has 6 heteroatoms. The van der Waals surface area contributed by atoms with E-state index in [4.69, 9.17) is 32.7 Å². The minimum absolute atomic E-state index is 0.191. The molecule has 0 fully saturated rings. The van der Waals surface area contributed by atoms with Gasteiger partial charge in [0.25, 0.3) is 0 Å². The predicted molar refractivity (Wildman–Crippen MR) is 100 cm³/mol. The molecule has 2 rings (SSSR count). The Morgan fingerprint density at radius 3 is 2.44 bits per heavy atom. The van der Waals surface area contributed by atoms with E-state index in [2.05, 4.69) is 19.2 Å². The summed E-state index contributed by atoms with van der Waals surface area (Å²) in [5.74, 6) is 0.719. The van der Waals surface area contributed by atoms with Gasteiger partial charge >= 0.3 is 0 Å². The van der Waals surface area contributed by atoms with E-state index >= 15 is 0 Å². The number of methoxy groups -OCH3 is 1. The first-order chi connectivity index (χ1) is 11.9. The first kappa shape index (κ1) is 19.8. The molecule has 0 amide bonds. The molecule has 0 aromatic heterocycles. The third-order valence-corrected chi connectivity index (χ3v) is 4.69. The number of hydrogen-bond acceptors (Lipinski definition) is 3. The fraction of sp³-hybridized carbons (Fsp3) is 0.368. The van der Waals surface area contributed by atoms with Crippen LogP contribution < -0.4 is 14.8 Å². The maximum absolute atomic E-state index is 13.1. The van der Waals surface area contributed by atoms with Gasteiger partial charge in [0.1, 0.15) is 12.4 Å². The molecule has 2 aromatic rings. The molecule has 0 bridgehead atoms. The maximum Gasteiger partial charge on any atom is 0.163 e. The highest BCUT2D eigenvalue weighted by Gasteiger charge is 2.12. The molecule has 1 N–H and O–H groups in total. The molecule has 3 nitrogen and oxygen atoms in total. The zero-order valence-electron chi connectivity index (χ0n) is 14.5. The Bertz CT molecular complexity index is 725. The standard InChI is InChI=1S/C19H22Cl2FNO2/c1-4-12(2)23-10-14-7-18(24-3)19(9-17(14)21)25-11-13-5-6-15(22)8-16(13)20/h5-9,12,23H,4,10-11H2,1-3H3. The summed E-state index contributed by atoms with van der Waals surface area (Å²) in [6.07, 6.45) is 1.04. The molecule has 136 valence electrons. The van der Waals surface area contributed by atoms with Gasteiger partial charge in [-0.15, -0.1) is 0 Å². The lowest BCUT2D eigenvalue weighted by Crippen LogP contribution is -2.24. The Balaban J connectivity index is 2.13. The van der Waals surface area contributed by atoms with E-state index < -0.39 is 0 Å². The second kappa shape index (κ2) is 9.27. The van der Waals surface area contributed by atoms with Crippen molar-refractivity contribution < 1.29 is 13.9 Å². The SMILES string of the molecule is CCC(C)NCc1cc(OC)c(OCc2ccc(F)cc2Cl)cc1Cl. The van der Waals surface area contributed by atoms with Crippen LogP contribution in [0.25, 0.3) is 0 Å². The predicted octanol–water partition coefficient (Wildman–Crippen LogP) is 5.61. The van der Waals surface area contributed by atoms with Gasteiger partial charge in [-0.1, -0.05) is 36.2 Å². The molecule has 0 heterocycles. The van der Waals surface area contributed by atoms with Crippen LogP contribution in [0.4, 0.5) is 4.39 Å². The topological polar surface area (TPSA) is 30.5 Å². The molecule has 25 heavy (non-hydrogen) atoms. The molecule has 1 unspecified atom stereocenters. The fourth-order valence-corrected chi connectivity index (χ4v) is 2.65. The average molecular weight is 386 g/mol. The largest absolute Gasteiger partial charge is 0.493 e. The van der Waals surface area contributed by atoms with Crippen LogP contribution >= 0.6 is 23.2 Å². The van der Waals surface area contributed by atoms with Crippen molar-refractivity contribution in [1.29, 1.82) is 0 Å². The van der Waals surface area contributed by atoms with Gasteiger partial charge in [-0.25, -0.2) is 4.39 Å². The van der Waals surface area contributed by atoms with Gasteiger partial charge in [0.15, 0.2) is 11.5 Å². The molecule has 0 aliphatic heterocycles. The number of nitrogens with one attached hydrogen (secondary N) is 1. The van der Waals surface area contributed by atoms with Gasteiger partial charge in [0.05, 0.1) is 12.1 Å². The van der Waals surface area contributed by atoms with Crippen LogP contribution in [0.3, 0.4) is 0 Å². The summed E-state index contributed by atoms with van der Waals surface area (Å²) in [6, 6.07) is 8.19. The van der Waals surface area contributed by atoms with Gasteiger partial charge in [-0.3, -0.25) is 0 Å². The lowest BCUT2D eigenvalue weighted by atomic mass is 10.1. The Hall–Kier alpha value is -1.49. The highest BCUT2D eigenvalue weighted by Crippen LogP contribution is 2.34. The Kier molecular flexibility index (Phi) is 7.36. The van der Waals surface area contributed by atoms with Crippen LogP contribution in [-0.4, -0.2) is 13.2 Å². The lowest BCUT2D eigenvalue weighted by Gasteiger charge is -2.16. The highest BCUT2D eigenvalue weighted by molar-refractivity contribution is 6.31. The van der Waals surface area contributed by atoms with E-state index in [1.54, 1.807) is 19.2 Å². The smallest absolute Gasteiger partial charge is 0.163 e. The third-order valence-electron chi connectivity index (χ3n) is 3.98. The summed E-state index contributed by atoms with van der Waals surface area (Å²) >= 11 is 12.4. The second-order valence-electron chi connectivity index (χ2n) is 5.81. The van der Waals surface area contributed by atoms with E-state index in [-0.39, 0.29) is 12.4 Å². The minimum Gasteiger partial charge on any atom is -0.493 e. The molecule has 0 aliphatic carbocycles. The van der Waals surface area contributed by atoms with Crippen LogP contribution in [0.5, 0.6) is 11.5 Å². The quantitative estimate of drug-likeness (QED) is 0.640. The van der Waals surface area contributed by atoms with Crippen LogP contribution in [0.2, 0.25) is 10.0 Å². The third kappa shape index (κ3) is 5.50. The molecule has 0 aliphatic rings. The van der Waals surface area contributed by atoms with Crippen molar-refractivity contribution in [3.63, 3.8) is 0 Å². The number of halogens is 3. The average Bonchev–Trinajstić information content (AvgIpc) is 2.59. The highest BCUT2D eigenvalue weighted by atomic mass is 35.5. The van der Waals surface area contributed by atoms with Gasteiger partial charge in [0.2, 0.25) is 0 Å². The number of hydrogen-bond donors (Lipinski definition) is 1. The van der Waals surface area contributed by atoms with Crippen molar-refractivity contribution in [2.75, 3.05) is 7.11 Å². The minimum atomic E-state index is -0.382. The van der Waals surface area contributed by atoms with Crippen LogP contribution in [0.15, 0.2) is 30.3 Å². The van der Waals surface area contributed by atoms with Gasteiger partial charge < -0.3 is 14.8 Å². The molecule has 0 saturated carbocycles. The molecule has 2 aromatic carbocycles. The van der Waals surface area contributed by atoms with Gasteiger partial charge in [-0.05, 0) is 37.1 Å². The van der Waals surface area contributed by atoms with Gasteiger partial charge in [-0.2, -0.15) is 0 Å². The zero-order chi connectivity index (χ0) is 18.4. The molecule has 0 saturated heterocycles. The Morgan fingerprint density at radius 1 is 1.08 bits per heavy atom. The fourth-order valence-electron chi connectivity index (χ4n) is 2.21. The van der Waals surface area contributed by atoms with Crippen LogP contribution in [0.1, 0.15) is 31.4 Å². The number of ether oxygens (including phenoxy) is 2. The summed E-state index contributed by atoms with van der Waals surface area (Å²) in [5.41, 5.74) is 1.62. The summed E-state index contributed by atoms with van der Waals surface area (Å²) < 4.78 is 24.3. The summed E-state index contributed by atoms with van der Waals surface area (Å²) in [4.78, 5) is 0. The first-order valence-corrected chi connectivity index (χ1v) is 8.86. The van der Waals surface area contributed by atoms with Crippen molar-refractivity contribution in [1.82, 2.24) is 5.32 Å². The maximum atomic E-state index is 13.1. The van der Waals surface area contributed by atoms with Crippen molar-refractivity contribution in [3.8, 4) is 11.5 Å². The van der Waals surface area contributed by atoms with E-state index in [1.165, 1.54) is 12.1 Å². The molecule has 1 atom stereocenters. The van der Waals surface area contributed by atoms with Crippen LogP contribution in [-0.2, 0) is 13.2 Å². The summed E-state index contributed by atoms with van der Waals surface area (Å²) in [7, 11) is 1.58. The van der Waals surface area contributed by atoms with E-state index in [1.807, 2.05) is 6.07 Å². The monoisotopic (exact) mass is 385 g/mol. The van der Waals surface area contributed by atoms with Gasteiger partial charge in [0, 0.05) is 29.2 Å². The molecule has 0 spiro atoms.